The molecule has 1 fully saturated rings. The zero-order valence-electron chi connectivity index (χ0n) is 15.7. The van der Waals surface area contributed by atoms with Crippen molar-refractivity contribution < 1.29 is 9.18 Å². The van der Waals surface area contributed by atoms with Gasteiger partial charge in [-0.1, -0.05) is 18.2 Å². The molecule has 4 rings (SSSR count). The summed E-state index contributed by atoms with van der Waals surface area (Å²) in [6, 6.07) is 15.3. The first kappa shape index (κ1) is 18.2. The van der Waals surface area contributed by atoms with Crippen molar-refractivity contribution in [2.24, 2.45) is 0 Å². The number of aryl methyl sites for hydroxylation is 1. The van der Waals surface area contributed by atoms with Crippen LogP contribution in [0.25, 0.3) is 0 Å². The van der Waals surface area contributed by atoms with Crippen LogP contribution in [-0.4, -0.2) is 42.9 Å². The standard InChI is InChI=1S/C23H27FN2O/c24-20-11-8-19(9-12-20)23(27)7-3-4-14-25-15-16-26-21(17-25)13-10-18-5-1-2-6-22(18)26/h1-2,5-6,8-9,11-12,21H,3-4,7,10,13-17H2. The van der Waals surface area contributed by atoms with Gasteiger partial charge in [-0.25, -0.2) is 4.39 Å². The Labute approximate surface area is 160 Å². The Morgan fingerprint density at radius 1 is 1.04 bits per heavy atom. The summed E-state index contributed by atoms with van der Waals surface area (Å²) in [5.74, 6) is -0.181. The molecule has 3 nitrogen and oxygen atoms in total. The number of anilines is 1. The highest BCUT2D eigenvalue weighted by Gasteiger charge is 2.30. The minimum absolute atomic E-state index is 0.115. The fourth-order valence-electron chi connectivity index (χ4n) is 4.41. The molecule has 2 aromatic carbocycles. The largest absolute Gasteiger partial charge is 0.366 e. The molecule has 1 saturated heterocycles. The number of nitrogens with zero attached hydrogens (tertiary/aromatic N) is 2. The van der Waals surface area contributed by atoms with Gasteiger partial charge in [0.1, 0.15) is 5.82 Å². The number of carbonyl (C=O) groups is 1. The Balaban J connectivity index is 1.22. The third kappa shape index (κ3) is 4.22. The maximum Gasteiger partial charge on any atom is 0.162 e. The lowest BCUT2D eigenvalue weighted by Crippen LogP contribution is -2.55. The van der Waals surface area contributed by atoms with E-state index in [1.54, 1.807) is 12.1 Å². The van der Waals surface area contributed by atoms with Gasteiger partial charge in [0.05, 0.1) is 0 Å². The summed E-state index contributed by atoms with van der Waals surface area (Å²) >= 11 is 0. The van der Waals surface area contributed by atoms with Crippen molar-refractivity contribution in [2.45, 2.75) is 38.1 Å². The molecular formula is C23H27FN2O. The molecule has 0 amide bonds. The summed E-state index contributed by atoms with van der Waals surface area (Å²) in [5, 5.41) is 0. The van der Waals surface area contributed by atoms with Gasteiger partial charge in [-0.3, -0.25) is 9.69 Å². The molecule has 0 bridgehead atoms. The zero-order chi connectivity index (χ0) is 18.6. The Hall–Kier alpha value is -2.20. The highest BCUT2D eigenvalue weighted by atomic mass is 19.1. The van der Waals surface area contributed by atoms with E-state index < -0.39 is 0 Å². The zero-order valence-corrected chi connectivity index (χ0v) is 15.7. The molecule has 2 aliphatic rings. The number of ketones is 1. The number of carbonyl (C=O) groups excluding carboxylic acids is 1. The molecule has 0 aromatic heterocycles. The number of rotatable bonds is 6. The van der Waals surface area contributed by atoms with E-state index in [4.69, 9.17) is 0 Å². The normalized spacial score (nSPS) is 19.4. The molecule has 0 saturated carbocycles. The summed E-state index contributed by atoms with van der Waals surface area (Å²) in [7, 11) is 0. The quantitative estimate of drug-likeness (QED) is 0.562. The van der Waals surface area contributed by atoms with Gasteiger partial charge in [0.25, 0.3) is 0 Å². The highest BCUT2D eigenvalue weighted by molar-refractivity contribution is 5.95. The summed E-state index contributed by atoms with van der Waals surface area (Å²) in [5.41, 5.74) is 3.53. The Kier molecular flexibility index (Phi) is 5.53. The van der Waals surface area contributed by atoms with E-state index in [9.17, 15) is 9.18 Å². The maximum absolute atomic E-state index is 12.9. The van der Waals surface area contributed by atoms with Gasteiger partial charge in [-0.05, 0) is 68.1 Å². The number of piperazine rings is 1. The van der Waals surface area contributed by atoms with Gasteiger partial charge in [0.15, 0.2) is 5.78 Å². The average Bonchev–Trinajstić information content (AvgIpc) is 2.71. The molecule has 1 unspecified atom stereocenters. The minimum atomic E-state index is -0.295. The van der Waals surface area contributed by atoms with Crippen molar-refractivity contribution in [3.05, 3.63) is 65.5 Å². The SMILES string of the molecule is O=C(CCCCN1CCN2c3ccccc3CCC2C1)c1ccc(F)cc1. The monoisotopic (exact) mass is 366 g/mol. The second-order valence-corrected chi connectivity index (χ2v) is 7.70. The second kappa shape index (κ2) is 8.22. The van der Waals surface area contributed by atoms with Gasteiger partial charge in [0.2, 0.25) is 0 Å². The second-order valence-electron chi connectivity index (χ2n) is 7.70. The van der Waals surface area contributed by atoms with Crippen LogP contribution in [0.3, 0.4) is 0 Å². The van der Waals surface area contributed by atoms with Gasteiger partial charge in [-0.2, -0.15) is 0 Å². The third-order valence-electron chi connectivity index (χ3n) is 5.91. The van der Waals surface area contributed by atoms with Gasteiger partial charge in [0, 0.05) is 43.3 Å². The van der Waals surface area contributed by atoms with E-state index >= 15 is 0 Å². The molecule has 2 aromatic rings. The molecule has 0 radical (unpaired) electrons. The Morgan fingerprint density at radius 2 is 1.85 bits per heavy atom. The van der Waals surface area contributed by atoms with E-state index in [0.717, 1.165) is 39.0 Å². The highest BCUT2D eigenvalue weighted by Crippen LogP contribution is 2.32. The molecule has 0 N–H and O–H groups in total. The van der Waals surface area contributed by atoms with Crippen LogP contribution >= 0.6 is 0 Å². The van der Waals surface area contributed by atoms with Gasteiger partial charge < -0.3 is 4.90 Å². The molecule has 4 heteroatoms. The van der Waals surface area contributed by atoms with E-state index in [2.05, 4.69) is 34.1 Å². The first-order valence-electron chi connectivity index (χ1n) is 10.1. The first-order valence-corrected chi connectivity index (χ1v) is 10.1. The lowest BCUT2D eigenvalue weighted by atomic mass is 9.94. The lowest BCUT2D eigenvalue weighted by Gasteiger charge is -2.46. The topological polar surface area (TPSA) is 23.6 Å². The van der Waals surface area contributed by atoms with Crippen LogP contribution in [0.5, 0.6) is 0 Å². The Morgan fingerprint density at radius 3 is 2.70 bits per heavy atom. The molecule has 142 valence electrons. The predicted molar refractivity (Wildman–Crippen MR) is 107 cm³/mol. The fraction of sp³-hybridized carbons (Fsp3) is 0.435. The molecule has 1 atom stereocenters. The van der Waals surface area contributed by atoms with Crippen molar-refractivity contribution in [1.29, 1.82) is 0 Å². The van der Waals surface area contributed by atoms with Crippen LogP contribution in [0.1, 0.15) is 41.6 Å². The van der Waals surface area contributed by atoms with Crippen molar-refractivity contribution in [1.82, 2.24) is 4.90 Å². The number of fused-ring (bicyclic) bond motifs is 3. The van der Waals surface area contributed by atoms with Crippen LogP contribution < -0.4 is 4.90 Å². The van der Waals surface area contributed by atoms with Crippen LogP contribution in [0.4, 0.5) is 10.1 Å². The summed E-state index contributed by atoms with van der Waals surface area (Å²) < 4.78 is 12.9. The van der Waals surface area contributed by atoms with Crippen molar-refractivity contribution in [2.75, 3.05) is 31.1 Å². The summed E-state index contributed by atoms with van der Waals surface area (Å²) in [6.45, 7) is 4.37. The number of para-hydroxylation sites is 1. The average molecular weight is 366 g/mol. The smallest absolute Gasteiger partial charge is 0.162 e. The number of Topliss-reactive ketones (excluding diaryl/α,β-unsaturated/α-hetero) is 1. The third-order valence-corrected chi connectivity index (χ3v) is 5.91. The number of hydrogen-bond donors (Lipinski definition) is 0. The number of hydrogen-bond acceptors (Lipinski definition) is 3. The lowest BCUT2D eigenvalue weighted by molar-refractivity contribution is 0.0977. The maximum atomic E-state index is 12.9. The molecule has 0 aliphatic carbocycles. The van der Waals surface area contributed by atoms with Gasteiger partial charge in [-0.15, -0.1) is 0 Å². The van der Waals surface area contributed by atoms with E-state index in [0.29, 0.717) is 18.0 Å². The number of halogens is 1. The fourth-order valence-corrected chi connectivity index (χ4v) is 4.41. The van der Waals surface area contributed by atoms with Crippen LogP contribution in [-0.2, 0) is 6.42 Å². The van der Waals surface area contributed by atoms with Crippen molar-refractivity contribution >= 4 is 11.5 Å². The minimum Gasteiger partial charge on any atom is -0.366 e. The number of unbranched alkanes of at least 4 members (excludes halogenated alkanes) is 1. The van der Waals surface area contributed by atoms with Crippen LogP contribution in [0, 0.1) is 5.82 Å². The molecule has 2 aliphatic heterocycles. The van der Waals surface area contributed by atoms with Crippen molar-refractivity contribution in [3.63, 3.8) is 0 Å². The van der Waals surface area contributed by atoms with E-state index in [1.165, 1.54) is 36.2 Å². The van der Waals surface area contributed by atoms with E-state index in [1.807, 2.05) is 0 Å². The predicted octanol–water partition coefficient (Wildman–Crippen LogP) is 4.32. The Bertz CT molecular complexity index is 789. The molecule has 27 heavy (non-hydrogen) atoms. The molecular weight excluding hydrogens is 339 g/mol. The summed E-state index contributed by atoms with van der Waals surface area (Å²) in [6.07, 6.45) is 4.89. The van der Waals surface area contributed by atoms with Crippen LogP contribution in [0.15, 0.2) is 48.5 Å². The molecule has 2 heterocycles. The number of benzene rings is 2. The van der Waals surface area contributed by atoms with Gasteiger partial charge >= 0.3 is 0 Å². The van der Waals surface area contributed by atoms with Crippen molar-refractivity contribution in [3.8, 4) is 0 Å². The van der Waals surface area contributed by atoms with Crippen LogP contribution in [0.2, 0.25) is 0 Å². The summed E-state index contributed by atoms with van der Waals surface area (Å²) in [4.78, 5) is 17.3. The molecule has 0 spiro atoms. The van der Waals surface area contributed by atoms with E-state index in [-0.39, 0.29) is 11.6 Å². The first-order chi connectivity index (χ1) is 13.2.